The third-order valence-electron chi connectivity index (χ3n) is 3.84. The third-order valence-corrected chi connectivity index (χ3v) is 4.79. The number of piperazine rings is 1. The summed E-state index contributed by atoms with van der Waals surface area (Å²) in [5.41, 5.74) is 0. The maximum atomic E-state index is 3.72. The number of hydrogen-bond acceptors (Lipinski definition) is 3. The molecule has 0 radical (unpaired) electrons. The first-order valence-corrected chi connectivity index (χ1v) is 8.37. The van der Waals surface area contributed by atoms with Crippen LogP contribution in [0.25, 0.3) is 0 Å². The summed E-state index contributed by atoms with van der Waals surface area (Å²) in [5.74, 6) is 0.749. The number of hydrogen-bond donors (Lipinski definition) is 1. The van der Waals surface area contributed by atoms with E-state index in [1.807, 2.05) is 11.8 Å². The number of rotatable bonds is 6. The predicted molar refractivity (Wildman–Crippen MR) is 79.9 cm³/mol. The van der Waals surface area contributed by atoms with E-state index in [9.17, 15) is 0 Å². The molecular formula is C14H30N2S. The second kappa shape index (κ2) is 7.65. The summed E-state index contributed by atoms with van der Waals surface area (Å²) in [6.45, 7) is 13.0. The van der Waals surface area contributed by atoms with Crippen LogP contribution in [0.3, 0.4) is 0 Å². The van der Waals surface area contributed by atoms with Crippen LogP contribution in [0.5, 0.6) is 0 Å². The summed E-state index contributed by atoms with van der Waals surface area (Å²) < 4.78 is 0. The van der Waals surface area contributed by atoms with Crippen molar-refractivity contribution in [2.24, 2.45) is 5.92 Å². The summed E-state index contributed by atoms with van der Waals surface area (Å²) in [6, 6.07) is 1.43. The van der Waals surface area contributed by atoms with Crippen LogP contribution in [0, 0.1) is 5.92 Å². The van der Waals surface area contributed by atoms with Crippen molar-refractivity contribution in [2.75, 3.05) is 25.9 Å². The molecule has 0 spiro atoms. The Morgan fingerprint density at radius 3 is 2.59 bits per heavy atom. The third kappa shape index (κ3) is 4.80. The molecule has 1 aliphatic heterocycles. The van der Waals surface area contributed by atoms with Crippen LogP contribution in [0.4, 0.5) is 0 Å². The maximum Gasteiger partial charge on any atom is 0.0244 e. The lowest BCUT2D eigenvalue weighted by Crippen LogP contribution is -2.59. The Hall–Kier alpha value is 0.270. The van der Waals surface area contributed by atoms with E-state index in [0.717, 1.165) is 17.2 Å². The second-order valence-corrected chi connectivity index (χ2v) is 6.98. The van der Waals surface area contributed by atoms with E-state index in [4.69, 9.17) is 0 Å². The molecular weight excluding hydrogens is 228 g/mol. The first-order valence-electron chi connectivity index (χ1n) is 7.08. The van der Waals surface area contributed by atoms with E-state index < -0.39 is 0 Å². The van der Waals surface area contributed by atoms with Crippen LogP contribution in [0.15, 0.2) is 0 Å². The van der Waals surface area contributed by atoms with E-state index in [2.05, 4.69) is 44.2 Å². The number of nitrogens with zero attached hydrogens (tertiary/aromatic N) is 1. The van der Waals surface area contributed by atoms with Gasteiger partial charge in [0.05, 0.1) is 0 Å². The standard InChI is InChI=1S/C14H30N2S/c1-6-7-13-10-16(9-12(4)17-5)14(8-15-13)11(2)3/h11-15H,6-10H2,1-5H3. The Bertz CT molecular complexity index is 208. The summed E-state index contributed by atoms with van der Waals surface area (Å²) in [5, 5.41) is 4.47. The summed E-state index contributed by atoms with van der Waals surface area (Å²) >= 11 is 1.98. The van der Waals surface area contributed by atoms with E-state index in [1.54, 1.807) is 0 Å². The average molecular weight is 258 g/mol. The first kappa shape index (κ1) is 15.3. The van der Waals surface area contributed by atoms with Gasteiger partial charge in [0.2, 0.25) is 0 Å². The summed E-state index contributed by atoms with van der Waals surface area (Å²) in [4.78, 5) is 2.72. The Labute approximate surface area is 112 Å². The number of thioether (sulfide) groups is 1. The first-order chi connectivity index (χ1) is 8.08. The molecule has 1 aliphatic rings. The van der Waals surface area contributed by atoms with Gasteiger partial charge in [-0.1, -0.05) is 34.1 Å². The van der Waals surface area contributed by atoms with Gasteiger partial charge in [-0.2, -0.15) is 11.8 Å². The van der Waals surface area contributed by atoms with Crippen molar-refractivity contribution in [1.29, 1.82) is 0 Å². The topological polar surface area (TPSA) is 15.3 Å². The maximum absolute atomic E-state index is 3.72. The molecule has 0 aromatic heterocycles. The molecule has 3 heteroatoms. The van der Waals surface area contributed by atoms with Gasteiger partial charge in [-0.15, -0.1) is 0 Å². The van der Waals surface area contributed by atoms with Crippen molar-refractivity contribution in [1.82, 2.24) is 10.2 Å². The van der Waals surface area contributed by atoms with Crippen molar-refractivity contribution in [2.45, 2.75) is 57.9 Å². The lowest BCUT2D eigenvalue weighted by Gasteiger charge is -2.43. The van der Waals surface area contributed by atoms with Gasteiger partial charge in [0.25, 0.3) is 0 Å². The van der Waals surface area contributed by atoms with Gasteiger partial charge in [-0.25, -0.2) is 0 Å². The van der Waals surface area contributed by atoms with Gasteiger partial charge in [-0.3, -0.25) is 4.90 Å². The van der Waals surface area contributed by atoms with Crippen molar-refractivity contribution in [3.8, 4) is 0 Å². The van der Waals surface area contributed by atoms with Gasteiger partial charge in [0.15, 0.2) is 0 Å². The van der Waals surface area contributed by atoms with Crippen LogP contribution < -0.4 is 5.32 Å². The monoisotopic (exact) mass is 258 g/mol. The Balaban J connectivity index is 2.56. The van der Waals surface area contributed by atoms with Crippen molar-refractivity contribution >= 4 is 11.8 Å². The van der Waals surface area contributed by atoms with E-state index >= 15 is 0 Å². The fraction of sp³-hybridized carbons (Fsp3) is 1.00. The van der Waals surface area contributed by atoms with Crippen LogP contribution in [-0.4, -0.2) is 48.1 Å². The quantitative estimate of drug-likeness (QED) is 0.789. The summed E-state index contributed by atoms with van der Waals surface area (Å²) in [7, 11) is 0. The molecule has 0 bridgehead atoms. The normalized spacial score (nSPS) is 28.6. The number of nitrogens with one attached hydrogen (secondary N) is 1. The van der Waals surface area contributed by atoms with Gasteiger partial charge in [0.1, 0.15) is 0 Å². The Morgan fingerprint density at radius 2 is 2.06 bits per heavy atom. The zero-order valence-corrected chi connectivity index (χ0v) is 13.0. The lowest BCUT2D eigenvalue weighted by molar-refractivity contribution is 0.0973. The zero-order chi connectivity index (χ0) is 12.8. The average Bonchev–Trinajstić information content (AvgIpc) is 2.29. The minimum absolute atomic E-state index is 0.712. The van der Waals surface area contributed by atoms with Gasteiger partial charge in [0, 0.05) is 37.0 Å². The molecule has 3 unspecified atom stereocenters. The fourth-order valence-corrected chi connectivity index (χ4v) is 3.05. The molecule has 0 aromatic rings. The largest absolute Gasteiger partial charge is 0.311 e. The molecule has 3 atom stereocenters. The second-order valence-electron chi connectivity index (χ2n) is 5.71. The highest BCUT2D eigenvalue weighted by molar-refractivity contribution is 7.99. The van der Waals surface area contributed by atoms with Crippen LogP contribution in [-0.2, 0) is 0 Å². The minimum atomic E-state index is 0.712. The lowest BCUT2D eigenvalue weighted by atomic mass is 9.97. The van der Waals surface area contributed by atoms with Gasteiger partial charge in [-0.05, 0) is 18.6 Å². The molecule has 0 aliphatic carbocycles. The van der Waals surface area contributed by atoms with Crippen molar-refractivity contribution in [3.63, 3.8) is 0 Å². The molecule has 2 nitrogen and oxygen atoms in total. The summed E-state index contributed by atoms with van der Waals surface area (Å²) in [6.07, 6.45) is 4.83. The fourth-order valence-electron chi connectivity index (χ4n) is 2.71. The van der Waals surface area contributed by atoms with E-state index in [0.29, 0.717) is 6.04 Å². The molecule has 0 saturated carbocycles. The molecule has 1 saturated heterocycles. The molecule has 17 heavy (non-hydrogen) atoms. The molecule has 1 rings (SSSR count). The highest BCUT2D eigenvalue weighted by Crippen LogP contribution is 2.19. The van der Waals surface area contributed by atoms with E-state index in [-0.39, 0.29) is 0 Å². The zero-order valence-electron chi connectivity index (χ0n) is 12.2. The minimum Gasteiger partial charge on any atom is -0.311 e. The predicted octanol–water partition coefficient (Wildman–Crippen LogP) is 2.84. The van der Waals surface area contributed by atoms with Crippen molar-refractivity contribution < 1.29 is 0 Å². The highest BCUT2D eigenvalue weighted by atomic mass is 32.2. The van der Waals surface area contributed by atoms with Crippen molar-refractivity contribution in [3.05, 3.63) is 0 Å². The van der Waals surface area contributed by atoms with Gasteiger partial charge >= 0.3 is 0 Å². The smallest absolute Gasteiger partial charge is 0.0244 e. The molecule has 0 amide bonds. The molecule has 1 N–H and O–H groups in total. The van der Waals surface area contributed by atoms with Crippen LogP contribution >= 0.6 is 11.8 Å². The SMILES string of the molecule is CCCC1CN(CC(C)SC)C(C(C)C)CN1. The van der Waals surface area contributed by atoms with E-state index in [1.165, 1.54) is 32.5 Å². The Kier molecular flexibility index (Phi) is 6.90. The Morgan fingerprint density at radius 1 is 1.35 bits per heavy atom. The molecule has 0 aromatic carbocycles. The van der Waals surface area contributed by atoms with Crippen LogP contribution in [0.2, 0.25) is 0 Å². The van der Waals surface area contributed by atoms with Gasteiger partial charge < -0.3 is 5.32 Å². The molecule has 1 fully saturated rings. The molecule has 1 heterocycles. The highest BCUT2D eigenvalue weighted by Gasteiger charge is 2.29. The molecule has 102 valence electrons. The van der Waals surface area contributed by atoms with Crippen LogP contribution in [0.1, 0.15) is 40.5 Å².